The SMILES string of the molecule is Cc1sc(=O)n(CCC(=O)N2CC[C@H](C)C[C@H]2c2ccco2)c1C. The summed E-state index contributed by atoms with van der Waals surface area (Å²) in [6, 6.07) is 3.83. The third-order valence-electron chi connectivity index (χ3n) is 4.98. The molecule has 1 amide bonds. The van der Waals surface area contributed by atoms with Crippen molar-refractivity contribution < 1.29 is 9.21 Å². The van der Waals surface area contributed by atoms with E-state index in [-0.39, 0.29) is 16.8 Å². The first-order valence-electron chi connectivity index (χ1n) is 8.47. The Morgan fingerprint density at radius 2 is 2.21 bits per heavy atom. The molecule has 1 saturated heterocycles. The lowest BCUT2D eigenvalue weighted by Gasteiger charge is -2.37. The monoisotopic (exact) mass is 348 g/mol. The highest BCUT2D eigenvalue weighted by atomic mass is 32.1. The van der Waals surface area contributed by atoms with Crippen LogP contribution in [0.15, 0.2) is 27.6 Å². The second-order valence-corrected chi connectivity index (χ2v) is 7.82. The van der Waals surface area contributed by atoms with Crippen molar-refractivity contribution in [3.05, 3.63) is 44.4 Å². The largest absolute Gasteiger partial charge is 0.467 e. The summed E-state index contributed by atoms with van der Waals surface area (Å²) in [6.07, 6.45) is 3.95. The van der Waals surface area contributed by atoms with E-state index >= 15 is 0 Å². The Hall–Kier alpha value is -1.82. The Bertz CT molecular complexity index is 760. The molecule has 0 spiro atoms. The van der Waals surface area contributed by atoms with Gasteiger partial charge in [0.2, 0.25) is 5.91 Å². The first-order valence-corrected chi connectivity index (χ1v) is 9.28. The number of piperidine rings is 1. The van der Waals surface area contributed by atoms with Crippen LogP contribution in [0.3, 0.4) is 0 Å². The summed E-state index contributed by atoms with van der Waals surface area (Å²) in [6.45, 7) is 7.30. The number of amides is 1. The van der Waals surface area contributed by atoms with Crippen molar-refractivity contribution in [2.24, 2.45) is 5.92 Å². The van der Waals surface area contributed by atoms with Gasteiger partial charge in [-0.1, -0.05) is 18.3 Å². The average Bonchev–Trinajstić information content (AvgIpc) is 3.15. The highest BCUT2D eigenvalue weighted by molar-refractivity contribution is 7.09. The topological polar surface area (TPSA) is 55.5 Å². The zero-order valence-electron chi connectivity index (χ0n) is 14.4. The van der Waals surface area contributed by atoms with Crippen LogP contribution >= 0.6 is 11.3 Å². The smallest absolute Gasteiger partial charge is 0.307 e. The Labute approximate surface area is 145 Å². The summed E-state index contributed by atoms with van der Waals surface area (Å²) in [4.78, 5) is 27.7. The van der Waals surface area contributed by atoms with Crippen LogP contribution in [0, 0.1) is 19.8 Å². The second kappa shape index (κ2) is 6.97. The molecule has 6 heteroatoms. The first kappa shape index (κ1) is 17.0. The maximum absolute atomic E-state index is 12.8. The first-order chi connectivity index (χ1) is 11.5. The van der Waals surface area contributed by atoms with Gasteiger partial charge >= 0.3 is 4.87 Å². The van der Waals surface area contributed by atoms with Crippen molar-refractivity contribution in [2.45, 2.75) is 52.6 Å². The van der Waals surface area contributed by atoms with E-state index in [9.17, 15) is 9.59 Å². The van der Waals surface area contributed by atoms with Gasteiger partial charge in [-0.3, -0.25) is 9.59 Å². The van der Waals surface area contributed by atoms with Crippen molar-refractivity contribution in [3.8, 4) is 0 Å². The second-order valence-electron chi connectivity index (χ2n) is 6.66. The van der Waals surface area contributed by atoms with Gasteiger partial charge in [-0.2, -0.15) is 0 Å². The lowest BCUT2D eigenvalue weighted by atomic mass is 9.91. The lowest BCUT2D eigenvalue weighted by Crippen LogP contribution is -2.41. The zero-order valence-corrected chi connectivity index (χ0v) is 15.3. The number of furan rings is 1. The van der Waals surface area contributed by atoms with Crippen molar-refractivity contribution in [2.75, 3.05) is 6.54 Å². The molecule has 5 nitrogen and oxygen atoms in total. The molecule has 0 N–H and O–H groups in total. The molecule has 1 aliphatic heterocycles. The van der Waals surface area contributed by atoms with Crippen molar-refractivity contribution >= 4 is 17.2 Å². The molecule has 0 saturated carbocycles. The summed E-state index contributed by atoms with van der Waals surface area (Å²) in [5, 5.41) is 0. The highest BCUT2D eigenvalue weighted by Crippen LogP contribution is 2.34. The Morgan fingerprint density at radius 3 is 2.83 bits per heavy atom. The van der Waals surface area contributed by atoms with Gasteiger partial charge < -0.3 is 13.9 Å². The van der Waals surface area contributed by atoms with Crippen LogP contribution in [0.5, 0.6) is 0 Å². The fourth-order valence-electron chi connectivity index (χ4n) is 3.39. The summed E-state index contributed by atoms with van der Waals surface area (Å²) < 4.78 is 7.27. The molecule has 0 aliphatic carbocycles. The van der Waals surface area contributed by atoms with Crippen LogP contribution in [-0.4, -0.2) is 21.9 Å². The molecular weight excluding hydrogens is 324 g/mol. The van der Waals surface area contributed by atoms with Gasteiger partial charge in [-0.15, -0.1) is 0 Å². The molecule has 0 aromatic carbocycles. The van der Waals surface area contributed by atoms with Crippen molar-refractivity contribution in [3.63, 3.8) is 0 Å². The summed E-state index contributed by atoms with van der Waals surface area (Å²) >= 11 is 1.25. The molecule has 24 heavy (non-hydrogen) atoms. The number of rotatable bonds is 4. The van der Waals surface area contributed by atoms with Gasteiger partial charge in [0.25, 0.3) is 0 Å². The van der Waals surface area contributed by atoms with E-state index in [1.165, 1.54) is 11.3 Å². The minimum Gasteiger partial charge on any atom is -0.467 e. The van der Waals surface area contributed by atoms with E-state index in [1.54, 1.807) is 10.8 Å². The number of hydrogen-bond donors (Lipinski definition) is 0. The number of aryl methyl sites for hydroxylation is 1. The van der Waals surface area contributed by atoms with E-state index in [1.807, 2.05) is 30.9 Å². The van der Waals surface area contributed by atoms with Gasteiger partial charge in [0.05, 0.1) is 12.3 Å². The van der Waals surface area contributed by atoms with Crippen LogP contribution in [0.2, 0.25) is 0 Å². The van der Waals surface area contributed by atoms with Gasteiger partial charge in [-0.05, 0) is 44.7 Å². The van der Waals surface area contributed by atoms with E-state index in [2.05, 4.69) is 6.92 Å². The van der Waals surface area contributed by atoms with Crippen molar-refractivity contribution in [1.82, 2.24) is 9.47 Å². The minimum atomic E-state index is 0.0123. The number of thiazole rings is 1. The molecule has 0 bridgehead atoms. The molecule has 1 aliphatic rings. The number of carbonyl (C=O) groups excluding carboxylic acids is 1. The number of carbonyl (C=O) groups is 1. The molecule has 130 valence electrons. The third-order valence-corrected chi connectivity index (χ3v) is 5.98. The quantitative estimate of drug-likeness (QED) is 0.849. The van der Waals surface area contributed by atoms with E-state index in [0.29, 0.717) is 18.9 Å². The predicted octanol–water partition coefficient (Wildman–Crippen LogP) is 3.51. The Morgan fingerprint density at radius 1 is 1.42 bits per heavy atom. The van der Waals surface area contributed by atoms with Gasteiger partial charge in [0.1, 0.15) is 5.76 Å². The fraction of sp³-hybridized carbons (Fsp3) is 0.556. The summed E-state index contributed by atoms with van der Waals surface area (Å²) in [5.74, 6) is 1.53. The van der Waals surface area contributed by atoms with Gasteiger partial charge in [0, 0.05) is 30.1 Å². The van der Waals surface area contributed by atoms with E-state index in [0.717, 1.165) is 35.7 Å². The van der Waals surface area contributed by atoms with Crippen LogP contribution in [0.1, 0.15) is 48.6 Å². The minimum absolute atomic E-state index is 0.0123. The zero-order chi connectivity index (χ0) is 17.3. The molecule has 0 radical (unpaired) electrons. The average molecular weight is 348 g/mol. The molecule has 1 fully saturated rings. The molecule has 2 atom stereocenters. The number of hydrogen-bond acceptors (Lipinski definition) is 4. The van der Waals surface area contributed by atoms with Crippen LogP contribution in [0.25, 0.3) is 0 Å². The highest BCUT2D eigenvalue weighted by Gasteiger charge is 2.32. The number of aromatic nitrogens is 1. The Balaban J connectivity index is 1.72. The normalized spacial score (nSPS) is 21.2. The third kappa shape index (κ3) is 3.34. The van der Waals surface area contributed by atoms with E-state index in [4.69, 9.17) is 4.42 Å². The van der Waals surface area contributed by atoms with Gasteiger partial charge in [0.15, 0.2) is 0 Å². The summed E-state index contributed by atoms with van der Waals surface area (Å²) in [5.41, 5.74) is 0.965. The fourth-order valence-corrected chi connectivity index (χ4v) is 4.25. The predicted molar refractivity (Wildman–Crippen MR) is 94.2 cm³/mol. The maximum atomic E-state index is 12.8. The molecule has 3 rings (SSSR count). The van der Waals surface area contributed by atoms with Crippen LogP contribution in [0.4, 0.5) is 0 Å². The number of likely N-dealkylation sites (tertiary alicyclic amines) is 1. The molecular formula is C18H24N2O3S. The van der Waals surface area contributed by atoms with Gasteiger partial charge in [-0.25, -0.2) is 0 Å². The molecule has 2 aromatic rings. The Kier molecular flexibility index (Phi) is 4.94. The molecule has 2 aromatic heterocycles. The maximum Gasteiger partial charge on any atom is 0.307 e. The van der Waals surface area contributed by atoms with E-state index < -0.39 is 0 Å². The van der Waals surface area contributed by atoms with Crippen LogP contribution in [-0.2, 0) is 11.3 Å². The molecule has 3 heterocycles. The van der Waals surface area contributed by atoms with Crippen LogP contribution < -0.4 is 4.87 Å². The standard InChI is InChI=1S/C18H24N2O3S/c1-12-6-8-20(15(11-12)16-5-4-10-23-16)17(21)7-9-19-13(2)14(3)24-18(19)22/h4-5,10,12,15H,6-9,11H2,1-3H3/t12-,15-/m0/s1. The summed E-state index contributed by atoms with van der Waals surface area (Å²) in [7, 11) is 0. The lowest BCUT2D eigenvalue weighted by molar-refractivity contribution is -0.136. The van der Waals surface area contributed by atoms with Crippen molar-refractivity contribution in [1.29, 1.82) is 0 Å². The molecule has 0 unspecified atom stereocenters. The number of nitrogens with zero attached hydrogens (tertiary/aromatic N) is 2.